The molecule has 21 heavy (non-hydrogen) atoms. The van der Waals surface area contributed by atoms with Crippen LogP contribution in [0.3, 0.4) is 0 Å². The van der Waals surface area contributed by atoms with E-state index in [-0.39, 0.29) is 13.2 Å². The lowest BCUT2D eigenvalue weighted by molar-refractivity contribution is 0.0385. The van der Waals surface area contributed by atoms with Crippen LogP contribution < -0.4 is 0 Å². The molecule has 118 valence electrons. The molecule has 0 aliphatic rings. The molecule has 0 fully saturated rings. The summed E-state index contributed by atoms with van der Waals surface area (Å²) < 4.78 is 4.91. The van der Waals surface area contributed by atoms with E-state index in [0.717, 1.165) is 12.8 Å². The third-order valence-corrected chi connectivity index (χ3v) is 2.70. The molecule has 0 bridgehead atoms. The molecule has 0 heterocycles. The van der Waals surface area contributed by atoms with Gasteiger partial charge in [-0.2, -0.15) is 0 Å². The Bertz CT molecular complexity index is 381. The van der Waals surface area contributed by atoms with Gasteiger partial charge in [0.15, 0.2) is 0 Å². The van der Waals surface area contributed by atoms with E-state index in [1.165, 1.54) is 31.6 Å². The first-order chi connectivity index (χ1) is 10.2. The van der Waals surface area contributed by atoms with Crippen molar-refractivity contribution in [2.24, 2.45) is 0 Å². The van der Waals surface area contributed by atoms with Crippen molar-refractivity contribution in [3.05, 3.63) is 12.3 Å². The topological polar surface area (TPSA) is 69.9 Å². The fourth-order valence-corrected chi connectivity index (χ4v) is 1.51. The zero-order chi connectivity index (χ0) is 15.8. The summed E-state index contributed by atoms with van der Waals surface area (Å²) in [5.41, 5.74) is 0. The number of hydrogen-bond donors (Lipinski definition) is 3. The van der Waals surface area contributed by atoms with Crippen LogP contribution in [0.25, 0.3) is 0 Å². The van der Waals surface area contributed by atoms with Gasteiger partial charge in [0.25, 0.3) is 0 Å². The smallest absolute Gasteiger partial charge is 0.115 e. The molecule has 4 heteroatoms. The Hall–Kier alpha value is -1.46. The van der Waals surface area contributed by atoms with Gasteiger partial charge in [0.05, 0.1) is 12.9 Å². The van der Waals surface area contributed by atoms with Gasteiger partial charge in [-0.3, -0.25) is 0 Å². The summed E-state index contributed by atoms with van der Waals surface area (Å²) in [4.78, 5) is 0. The lowest BCUT2D eigenvalue weighted by atomic mass is 10.1. The van der Waals surface area contributed by atoms with Crippen molar-refractivity contribution in [3.8, 4) is 23.7 Å². The van der Waals surface area contributed by atoms with Gasteiger partial charge in [-0.1, -0.05) is 44.4 Å². The fraction of sp³-hybridized carbons (Fsp3) is 0.647. The van der Waals surface area contributed by atoms with Crippen LogP contribution in [0.1, 0.15) is 45.4 Å². The van der Waals surface area contributed by atoms with Crippen LogP contribution in [0.15, 0.2) is 12.3 Å². The Kier molecular flexibility index (Phi) is 13.9. The number of rotatable bonds is 10. The Morgan fingerprint density at radius 1 is 1.10 bits per heavy atom. The molecule has 0 aromatic rings. The third-order valence-electron chi connectivity index (χ3n) is 2.70. The average molecular weight is 294 g/mol. The van der Waals surface area contributed by atoms with Crippen molar-refractivity contribution >= 4 is 0 Å². The maximum atomic E-state index is 9.60. The largest absolute Gasteiger partial charge is 0.498 e. The zero-order valence-corrected chi connectivity index (χ0v) is 12.7. The van der Waals surface area contributed by atoms with E-state index in [2.05, 4.69) is 30.6 Å². The molecule has 3 N–H and O–H groups in total. The normalized spacial score (nSPS) is 13.0. The van der Waals surface area contributed by atoms with E-state index < -0.39 is 12.2 Å². The molecule has 0 aromatic carbocycles. The van der Waals surface area contributed by atoms with E-state index in [0.29, 0.717) is 6.42 Å². The molecule has 4 nitrogen and oxygen atoms in total. The quantitative estimate of drug-likeness (QED) is 0.325. The summed E-state index contributed by atoms with van der Waals surface area (Å²) >= 11 is 0. The van der Waals surface area contributed by atoms with Crippen molar-refractivity contribution in [1.82, 2.24) is 0 Å². The summed E-state index contributed by atoms with van der Waals surface area (Å²) in [7, 11) is 0. The standard InChI is InChI=1S/C17H26O4/c1-2-3-4-5-8-11-16(19)12-9-6-7-10-13-21-15-17(20)14-18/h10,13,16-20H,2-5,8,11,14-15H2,1H3. The molecule has 0 amide bonds. The van der Waals surface area contributed by atoms with E-state index >= 15 is 0 Å². The molecule has 0 saturated carbocycles. The summed E-state index contributed by atoms with van der Waals surface area (Å²) in [5.74, 6) is 10.5. The lowest BCUT2D eigenvalue weighted by Crippen LogP contribution is -2.17. The van der Waals surface area contributed by atoms with Crippen molar-refractivity contribution < 1.29 is 20.1 Å². The van der Waals surface area contributed by atoms with Crippen LogP contribution in [0.4, 0.5) is 0 Å². The van der Waals surface area contributed by atoms with E-state index in [4.69, 9.17) is 14.9 Å². The van der Waals surface area contributed by atoms with Crippen LogP contribution in [0.2, 0.25) is 0 Å². The van der Waals surface area contributed by atoms with Crippen molar-refractivity contribution in [3.63, 3.8) is 0 Å². The number of allylic oxidation sites excluding steroid dienone is 1. The van der Waals surface area contributed by atoms with Crippen molar-refractivity contribution in [2.45, 2.75) is 57.7 Å². The fourth-order valence-electron chi connectivity index (χ4n) is 1.51. The minimum atomic E-state index is -0.880. The van der Waals surface area contributed by atoms with Crippen molar-refractivity contribution in [1.29, 1.82) is 0 Å². The zero-order valence-electron chi connectivity index (χ0n) is 12.7. The van der Waals surface area contributed by atoms with E-state index in [1.54, 1.807) is 0 Å². The minimum Gasteiger partial charge on any atom is -0.498 e. The van der Waals surface area contributed by atoms with Gasteiger partial charge in [-0.05, 0) is 24.7 Å². The van der Waals surface area contributed by atoms with Crippen LogP contribution in [0.5, 0.6) is 0 Å². The highest BCUT2D eigenvalue weighted by Crippen LogP contribution is 2.06. The van der Waals surface area contributed by atoms with E-state index in [1.807, 2.05) is 0 Å². The predicted octanol–water partition coefficient (Wildman–Crippen LogP) is 1.60. The first-order valence-electron chi connectivity index (χ1n) is 7.45. The molecular weight excluding hydrogens is 268 g/mol. The van der Waals surface area contributed by atoms with Crippen LogP contribution in [-0.2, 0) is 4.74 Å². The number of hydrogen-bond acceptors (Lipinski definition) is 4. The molecule has 0 aromatic heterocycles. The maximum absolute atomic E-state index is 9.60. The first kappa shape index (κ1) is 19.5. The highest BCUT2D eigenvalue weighted by molar-refractivity contribution is 5.31. The summed E-state index contributed by atoms with van der Waals surface area (Å²) in [6.45, 7) is 1.87. The van der Waals surface area contributed by atoms with Gasteiger partial charge in [0, 0.05) is 6.08 Å². The molecule has 2 unspecified atom stereocenters. The molecule has 0 spiro atoms. The number of ether oxygens (including phenoxy) is 1. The summed E-state index contributed by atoms with van der Waals surface area (Å²) in [5, 5.41) is 27.1. The predicted molar refractivity (Wildman–Crippen MR) is 83.1 cm³/mol. The first-order valence-corrected chi connectivity index (χ1v) is 7.45. The highest BCUT2D eigenvalue weighted by atomic mass is 16.5. The Balaban J connectivity index is 3.71. The Morgan fingerprint density at radius 3 is 2.57 bits per heavy atom. The molecular formula is C17H26O4. The van der Waals surface area contributed by atoms with Crippen LogP contribution in [0, 0.1) is 23.7 Å². The molecule has 0 rings (SSSR count). The molecule has 0 radical (unpaired) electrons. The maximum Gasteiger partial charge on any atom is 0.115 e. The lowest BCUT2D eigenvalue weighted by Gasteiger charge is -2.04. The minimum absolute atomic E-state index is 0.0249. The SMILES string of the molecule is CCCCCCCC(O)C#CC#CC=COCC(O)CO. The van der Waals surface area contributed by atoms with E-state index in [9.17, 15) is 5.11 Å². The van der Waals surface area contributed by atoms with Gasteiger partial charge in [0.1, 0.15) is 18.8 Å². The molecule has 2 atom stereocenters. The second-order valence-electron chi connectivity index (χ2n) is 4.73. The van der Waals surface area contributed by atoms with Gasteiger partial charge < -0.3 is 20.1 Å². The Morgan fingerprint density at radius 2 is 1.86 bits per heavy atom. The van der Waals surface area contributed by atoms with Gasteiger partial charge in [0.2, 0.25) is 0 Å². The monoisotopic (exact) mass is 294 g/mol. The molecule has 0 saturated heterocycles. The number of aliphatic hydroxyl groups excluding tert-OH is 3. The van der Waals surface area contributed by atoms with Crippen molar-refractivity contribution in [2.75, 3.05) is 13.2 Å². The number of aliphatic hydroxyl groups is 3. The second kappa shape index (κ2) is 14.9. The third kappa shape index (κ3) is 14.8. The number of unbranched alkanes of at least 4 members (excludes halogenated alkanes) is 4. The van der Waals surface area contributed by atoms with Gasteiger partial charge in [-0.25, -0.2) is 0 Å². The summed E-state index contributed by atoms with van der Waals surface area (Å²) in [6.07, 6.45) is 7.79. The second-order valence-corrected chi connectivity index (χ2v) is 4.73. The average Bonchev–Trinajstić information content (AvgIpc) is 2.49. The Labute approximate surface area is 127 Å². The van der Waals surface area contributed by atoms with Crippen LogP contribution in [-0.4, -0.2) is 40.7 Å². The molecule has 0 aliphatic heterocycles. The van der Waals surface area contributed by atoms with Crippen LogP contribution >= 0.6 is 0 Å². The van der Waals surface area contributed by atoms with Gasteiger partial charge in [-0.15, -0.1) is 0 Å². The molecule has 0 aliphatic carbocycles. The summed E-state index contributed by atoms with van der Waals surface area (Å²) in [6, 6.07) is 0. The van der Waals surface area contributed by atoms with Gasteiger partial charge >= 0.3 is 0 Å². The highest BCUT2D eigenvalue weighted by Gasteiger charge is 1.99.